The summed E-state index contributed by atoms with van der Waals surface area (Å²) in [7, 11) is 0. The normalized spacial score (nSPS) is 11.9. The Bertz CT molecular complexity index is 3400. The molecule has 0 fully saturated rings. The quantitative estimate of drug-likeness (QED) is 0.177. The lowest BCUT2D eigenvalue weighted by Gasteiger charge is -2.12. The van der Waals surface area contributed by atoms with Crippen molar-refractivity contribution in [3.05, 3.63) is 188 Å². The fourth-order valence-corrected chi connectivity index (χ4v) is 8.67. The molecule has 0 aliphatic carbocycles. The molecular formula is C51H31N5O. The minimum atomic E-state index is 0.602. The Morgan fingerprint density at radius 2 is 0.947 bits per heavy atom. The zero-order valence-corrected chi connectivity index (χ0v) is 30.5. The van der Waals surface area contributed by atoms with Gasteiger partial charge in [-0.25, -0.2) is 15.0 Å². The molecule has 0 saturated carbocycles. The number of nitrogens with zero attached hydrogens (tertiary/aromatic N) is 5. The van der Waals surface area contributed by atoms with Gasteiger partial charge in [-0.1, -0.05) is 127 Å². The summed E-state index contributed by atoms with van der Waals surface area (Å²) in [5, 5.41) is 6.71. The Kier molecular flexibility index (Phi) is 6.83. The summed E-state index contributed by atoms with van der Waals surface area (Å²) < 4.78 is 11.6. The van der Waals surface area contributed by atoms with Gasteiger partial charge in [-0.05, 0) is 60.7 Å². The number of benzene rings is 8. The van der Waals surface area contributed by atoms with Gasteiger partial charge in [0, 0.05) is 55.0 Å². The van der Waals surface area contributed by atoms with Gasteiger partial charge in [0.25, 0.3) is 0 Å². The molecule has 6 nitrogen and oxygen atoms in total. The first-order chi connectivity index (χ1) is 28.3. The number of furan rings is 1. The molecular weight excluding hydrogens is 699 g/mol. The van der Waals surface area contributed by atoms with Crippen LogP contribution in [0.15, 0.2) is 192 Å². The summed E-state index contributed by atoms with van der Waals surface area (Å²) in [6, 6.07) is 65.4. The Labute approximate surface area is 326 Å². The summed E-state index contributed by atoms with van der Waals surface area (Å²) in [5.41, 5.74) is 11.0. The molecule has 4 aromatic heterocycles. The van der Waals surface area contributed by atoms with Crippen molar-refractivity contribution >= 4 is 65.6 Å². The molecule has 12 aromatic rings. The van der Waals surface area contributed by atoms with Crippen LogP contribution in [-0.2, 0) is 0 Å². The number of rotatable bonds is 5. The summed E-state index contributed by atoms with van der Waals surface area (Å²) >= 11 is 0. The van der Waals surface area contributed by atoms with E-state index in [-0.39, 0.29) is 0 Å². The van der Waals surface area contributed by atoms with E-state index in [0.29, 0.717) is 17.5 Å². The SMILES string of the molecule is c1ccc(-c2nc(-c3ccccc3)nc(-c3cccc4c5c6oc7ccc(-n8c9ccccc9c9ccccc98)cc7c6ccc5n(-c5ccccc5)c34)n2)cc1. The Morgan fingerprint density at radius 1 is 0.368 bits per heavy atom. The highest BCUT2D eigenvalue weighted by Crippen LogP contribution is 2.44. The third-order valence-corrected chi connectivity index (χ3v) is 11.2. The third kappa shape index (κ3) is 4.81. The fourth-order valence-electron chi connectivity index (χ4n) is 8.67. The van der Waals surface area contributed by atoms with Crippen LogP contribution in [-0.4, -0.2) is 24.1 Å². The minimum Gasteiger partial charge on any atom is -0.455 e. The maximum absolute atomic E-state index is 6.91. The van der Waals surface area contributed by atoms with Crippen LogP contribution < -0.4 is 0 Å². The second kappa shape index (κ2) is 12.3. The molecule has 12 rings (SSSR count). The van der Waals surface area contributed by atoms with Gasteiger partial charge in [0.05, 0.1) is 27.5 Å². The van der Waals surface area contributed by atoms with Crippen LogP contribution in [0.4, 0.5) is 0 Å². The van der Waals surface area contributed by atoms with Crippen molar-refractivity contribution in [1.82, 2.24) is 24.1 Å². The molecule has 0 bridgehead atoms. The van der Waals surface area contributed by atoms with E-state index in [4.69, 9.17) is 19.4 Å². The van der Waals surface area contributed by atoms with Gasteiger partial charge in [0.15, 0.2) is 17.5 Å². The summed E-state index contributed by atoms with van der Waals surface area (Å²) in [6.45, 7) is 0. The standard InChI is InChI=1S/C51H31N5O/c1-4-15-32(16-5-1)49-52-50(33-17-6-2-7-18-33)54-51(53-49)40-24-14-23-39-46-44(56(47(39)40)34-19-8-3-9-20-34)29-28-38-41-31-35(27-30-45(41)57-48(38)46)55-42-25-12-10-21-36(42)37-22-11-13-26-43(37)55/h1-31H. The van der Waals surface area contributed by atoms with Gasteiger partial charge in [0.2, 0.25) is 0 Å². The van der Waals surface area contributed by atoms with E-state index in [1.54, 1.807) is 0 Å². The third-order valence-electron chi connectivity index (χ3n) is 11.2. The Hall–Kier alpha value is -7.83. The lowest BCUT2D eigenvalue weighted by Crippen LogP contribution is -2.02. The highest BCUT2D eigenvalue weighted by atomic mass is 16.3. The van der Waals surface area contributed by atoms with Gasteiger partial charge < -0.3 is 13.6 Å². The largest absolute Gasteiger partial charge is 0.455 e. The van der Waals surface area contributed by atoms with E-state index >= 15 is 0 Å². The van der Waals surface area contributed by atoms with Crippen LogP contribution >= 0.6 is 0 Å². The average molecular weight is 730 g/mol. The first-order valence-corrected chi connectivity index (χ1v) is 19.1. The number of hydrogen-bond donors (Lipinski definition) is 0. The average Bonchev–Trinajstić information content (AvgIpc) is 3.94. The van der Waals surface area contributed by atoms with Crippen molar-refractivity contribution < 1.29 is 4.42 Å². The molecule has 8 aromatic carbocycles. The second-order valence-electron chi connectivity index (χ2n) is 14.4. The van der Waals surface area contributed by atoms with Crippen LogP contribution in [0.2, 0.25) is 0 Å². The molecule has 57 heavy (non-hydrogen) atoms. The summed E-state index contributed by atoms with van der Waals surface area (Å²) in [4.78, 5) is 15.3. The zero-order chi connectivity index (χ0) is 37.5. The van der Waals surface area contributed by atoms with Crippen molar-refractivity contribution in [2.45, 2.75) is 0 Å². The van der Waals surface area contributed by atoms with Crippen LogP contribution in [0.25, 0.3) is 111 Å². The molecule has 0 N–H and O–H groups in total. The molecule has 0 radical (unpaired) electrons. The lowest BCUT2D eigenvalue weighted by molar-refractivity contribution is 0.673. The fraction of sp³-hybridized carbons (Fsp3) is 0. The molecule has 0 amide bonds. The maximum Gasteiger partial charge on any atom is 0.166 e. The first kappa shape index (κ1) is 31.5. The monoisotopic (exact) mass is 729 g/mol. The number of hydrogen-bond acceptors (Lipinski definition) is 4. The van der Waals surface area contributed by atoms with Gasteiger partial charge in [-0.15, -0.1) is 0 Å². The first-order valence-electron chi connectivity index (χ1n) is 19.1. The van der Waals surface area contributed by atoms with Crippen molar-refractivity contribution in [3.8, 4) is 45.5 Å². The molecule has 0 saturated heterocycles. The van der Waals surface area contributed by atoms with Gasteiger partial charge >= 0.3 is 0 Å². The molecule has 0 unspecified atom stereocenters. The van der Waals surface area contributed by atoms with E-state index in [9.17, 15) is 0 Å². The topological polar surface area (TPSA) is 61.7 Å². The van der Waals surface area contributed by atoms with Crippen LogP contribution in [0, 0.1) is 0 Å². The Balaban J connectivity index is 1.14. The van der Waals surface area contributed by atoms with Crippen molar-refractivity contribution in [2.24, 2.45) is 0 Å². The Morgan fingerprint density at radius 3 is 1.61 bits per heavy atom. The highest BCUT2D eigenvalue weighted by Gasteiger charge is 2.23. The van der Waals surface area contributed by atoms with E-state index in [2.05, 4.69) is 137 Å². The molecule has 0 spiro atoms. The van der Waals surface area contributed by atoms with Crippen molar-refractivity contribution in [3.63, 3.8) is 0 Å². The van der Waals surface area contributed by atoms with Crippen LogP contribution in [0.5, 0.6) is 0 Å². The van der Waals surface area contributed by atoms with Crippen molar-refractivity contribution in [1.29, 1.82) is 0 Å². The number of para-hydroxylation sites is 4. The smallest absolute Gasteiger partial charge is 0.166 e. The molecule has 0 aliphatic rings. The van der Waals surface area contributed by atoms with Crippen LogP contribution in [0.1, 0.15) is 0 Å². The van der Waals surface area contributed by atoms with E-state index < -0.39 is 0 Å². The zero-order valence-electron chi connectivity index (χ0n) is 30.5. The van der Waals surface area contributed by atoms with Crippen molar-refractivity contribution in [2.75, 3.05) is 0 Å². The number of fused-ring (bicyclic) bond motifs is 10. The predicted molar refractivity (Wildman–Crippen MR) is 232 cm³/mol. The maximum atomic E-state index is 6.91. The molecule has 266 valence electrons. The summed E-state index contributed by atoms with van der Waals surface area (Å²) in [6.07, 6.45) is 0. The van der Waals surface area contributed by atoms with Crippen LogP contribution in [0.3, 0.4) is 0 Å². The molecule has 0 aliphatic heterocycles. The molecule has 6 heteroatoms. The molecule has 0 atom stereocenters. The van der Waals surface area contributed by atoms with Gasteiger partial charge in [-0.3, -0.25) is 0 Å². The van der Waals surface area contributed by atoms with E-state index in [0.717, 1.165) is 71.8 Å². The predicted octanol–water partition coefficient (Wildman–Crippen LogP) is 13.0. The van der Waals surface area contributed by atoms with E-state index in [1.165, 1.54) is 21.8 Å². The van der Waals surface area contributed by atoms with E-state index in [1.807, 2.05) is 60.7 Å². The second-order valence-corrected chi connectivity index (χ2v) is 14.4. The minimum absolute atomic E-state index is 0.602. The lowest BCUT2D eigenvalue weighted by atomic mass is 10.1. The number of aromatic nitrogens is 5. The summed E-state index contributed by atoms with van der Waals surface area (Å²) in [5.74, 6) is 1.85. The van der Waals surface area contributed by atoms with Gasteiger partial charge in [0.1, 0.15) is 11.2 Å². The van der Waals surface area contributed by atoms with Gasteiger partial charge in [-0.2, -0.15) is 0 Å². The molecule has 4 heterocycles. The highest BCUT2D eigenvalue weighted by molar-refractivity contribution is 6.25.